The van der Waals surface area contributed by atoms with Gasteiger partial charge in [-0.3, -0.25) is 14.4 Å². The Morgan fingerprint density at radius 1 is 0.929 bits per heavy atom. The second kappa shape index (κ2) is 7.07. The van der Waals surface area contributed by atoms with Crippen molar-refractivity contribution in [2.75, 3.05) is 10.2 Å². The number of hydrogen-bond donors (Lipinski definition) is 1. The van der Waals surface area contributed by atoms with Gasteiger partial charge in [-0.2, -0.15) is 0 Å². The van der Waals surface area contributed by atoms with Crippen LogP contribution in [-0.2, 0) is 0 Å². The lowest BCUT2D eigenvalue weighted by Crippen LogP contribution is -2.29. The number of carbonyl (C=O) groups is 3. The highest BCUT2D eigenvalue weighted by Crippen LogP contribution is 2.33. The zero-order valence-electron chi connectivity index (χ0n) is 14.1. The third-order valence-corrected chi connectivity index (χ3v) is 4.87. The van der Waals surface area contributed by atoms with Gasteiger partial charge in [0.05, 0.1) is 33.1 Å². The average Bonchev–Trinajstić information content (AvgIpc) is 2.95. The first-order valence-electron chi connectivity index (χ1n) is 8.16. The van der Waals surface area contributed by atoms with E-state index in [9.17, 15) is 14.4 Å². The molecule has 6 nitrogen and oxygen atoms in total. The van der Waals surface area contributed by atoms with Crippen LogP contribution in [0, 0.1) is 0 Å². The van der Waals surface area contributed by atoms with E-state index in [0.717, 1.165) is 4.90 Å². The smallest absolute Gasteiger partial charge is 0.266 e. The molecule has 8 heteroatoms. The Bertz CT molecular complexity index is 1110. The van der Waals surface area contributed by atoms with E-state index in [2.05, 4.69) is 10.3 Å². The number of hydrogen-bond acceptors (Lipinski definition) is 4. The van der Waals surface area contributed by atoms with E-state index in [-0.39, 0.29) is 15.7 Å². The SMILES string of the molecule is O=C(Nc1ccc(N2C(=O)c3ccccc3C2=O)cc1Cl)c1cccnc1Cl. The van der Waals surface area contributed by atoms with Crippen LogP contribution in [0.1, 0.15) is 31.1 Å². The molecule has 0 unspecified atom stereocenters. The van der Waals surface area contributed by atoms with E-state index < -0.39 is 17.7 Å². The number of nitrogens with one attached hydrogen (secondary N) is 1. The molecule has 138 valence electrons. The van der Waals surface area contributed by atoms with Crippen LogP contribution in [0.25, 0.3) is 0 Å². The highest BCUT2D eigenvalue weighted by Gasteiger charge is 2.36. The van der Waals surface area contributed by atoms with E-state index in [1.54, 1.807) is 30.3 Å². The first-order valence-corrected chi connectivity index (χ1v) is 8.92. The number of imide groups is 1. The summed E-state index contributed by atoms with van der Waals surface area (Å²) in [6.07, 6.45) is 1.48. The molecule has 0 spiro atoms. The monoisotopic (exact) mass is 411 g/mol. The van der Waals surface area contributed by atoms with Crippen molar-refractivity contribution in [3.63, 3.8) is 0 Å². The van der Waals surface area contributed by atoms with Gasteiger partial charge >= 0.3 is 0 Å². The molecular weight excluding hydrogens is 401 g/mol. The number of carbonyl (C=O) groups excluding carboxylic acids is 3. The minimum absolute atomic E-state index is 0.0683. The van der Waals surface area contributed by atoms with Crippen LogP contribution < -0.4 is 10.2 Å². The van der Waals surface area contributed by atoms with Crippen molar-refractivity contribution in [2.45, 2.75) is 0 Å². The van der Waals surface area contributed by atoms with Gasteiger partial charge in [-0.25, -0.2) is 9.88 Å². The van der Waals surface area contributed by atoms with Crippen molar-refractivity contribution in [3.05, 3.63) is 87.7 Å². The van der Waals surface area contributed by atoms with Crippen LogP contribution >= 0.6 is 23.2 Å². The van der Waals surface area contributed by atoms with E-state index in [1.165, 1.54) is 30.5 Å². The average molecular weight is 412 g/mol. The van der Waals surface area contributed by atoms with E-state index in [1.807, 2.05) is 0 Å². The lowest BCUT2D eigenvalue weighted by Gasteiger charge is -2.16. The topological polar surface area (TPSA) is 79.4 Å². The van der Waals surface area contributed by atoms with Crippen LogP contribution in [0.5, 0.6) is 0 Å². The molecule has 2 aromatic carbocycles. The predicted octanol–water partition coefficient (Wildman–Crippen LogP) is 4.44. The van der Waals surface area contributed by atoms with Crippen LogP contribution in [0.3, 0.4) is 0 Å². The maximum absolute atomic E-state index is 12.6. The summed E-state index contributed by atoms with van der Waals surface area (Å²) in [4.78, 5) is 42.4. The van der Waals surface area contributed by atoms with Gasteiger partial charge in [0.2, 0.25) is 0 Å². The third-order valence-electron chi connectivity index (χ3n) is 4.26. The highest BCUT2D eigenvalue weighted by atomic mass is 35.5. The standard InChI is InChI=1S/C20H11Cl2N3O3/c21-15-10-11(25-19(27)12-4-1-2-5-13(12)20(25)28)7-8-16(15)24-18(26)14-6-3-9-23-17(14)22/h1-10H,(H,24,26). The van der Waals surface area contributed by atoms with Crippen molar-refractivity contribution >= 4 is 52.3 Å². The first kappa shape index (κ1) is 18.2. The fourth-order valence-corrected chi connectivity index (χ4v) is 3.34. The molecule has 1 aliphatic heterocycles. The van der Waals surface area contributed by atoms with Crippen molar-refractivity contribution in [1.29, 1.82) is 0 Å². The lowest BCUT2D eigenvalue weighted by molar-refractivity contribution is 0.0924. The Morgan fingerprint density at radius 2 is 1.61 bits per heavy atom. The van der Waals surface area contributed by atoms with Gasteiger partial charge in [0.1, 0.15) is 5.15 Å². The molecule has 0 atom stereocenters. The van der Waals surface area contributed by atoms with Gasteiger partial charge in [0.15, 0.2) is 0 Å². The second-order valence-electron chi connectivity index (χ2n) is 5.95. The van der Waals surface area contributed by atoms with Gasteiger partial charge in [0, 0.05) is 6.20 Å². The molecule has 1 aromatic heterocycles. The summed E-state index contributed by atoms with van der Waals surface area (Å²) in [5.41, 5.74) is 1.50. The van der Waals surface area contributed by atoms with Crippen LogP contribution in [0.4, 0.5) is 11.4 Å². The molecule has 3 amide bonds. The van der Waals surface area contributed by atoms with Crippen LogP contribution in [0.2, 0.25) is 10.2 Å². The molecule has 0 saturated carbocycles. The molecule has 3 aromatic rings. The number of nitrogens with zero attached hydrogens (tertiary/aromatic N) is 2. The summed E-state index contributed by atoms with van der Waals surface area (Å²) < 4.78 is 0. The molecule has 2 heterocycles. The highest BCUT2D eigenvalue weighted by molar-refractivity contribution is 6.37. The van der Waals surface area contributed by atoms with Crippen LogP contribution in [0.15, 0.2) is 60.8 Å². The van der Waals surface area contributed by atoms with Gasteiger partial charge < -0.3 is 5.32 Å². The maximum atomic E-state index is 12.6. The fourth-order valence-electron chi connectivity index (χ4n) is 2.91. The minimum Gasteiger partial charge on any atom is -0.321 e. The van der Waals surface area contributed by atoms with E-state index in [4.69, 9.17) is 23.2 Å². The number of benzene rings is 2. The number of halogens is 2. The zero-order valence-corrected chi connectivity index (χ0v) is 15.7. The Balaban J connectivity index is 1.61. The lowest BCUT2D eigenvalue weighted by atomic mass is 10.1. The molecule has 1 N–H and O–H groups in total. The summed E-state index contributed by atoms with van der Waals surface area (Å²) in [5, 5.41) is 2.88. The van der Waals surface area contributed by atoms with E-state index in [0.29, 0.717) is 22.5 Å². The fraction of sp³-hybridized carbons (Fsp3) is 0. The van der Waals surface area contributed by atoms with Gasteiger partial charge in [-0.1, -0.05) is 35.3 Å². The zero-order chi connectivity index (χ0) is 19.8. The van der Waals surface area contributed by atoms with Gasteiger partial charge in [-0.15, -0.1) is 0 Å². The predicted molar refractivity (Wildman–Crippen MR) is 106 cm³/mol. The normalized spacial score (nSPS) is 12.9. The Labute approximate surface area is 169 Å². The van der Waals surface area contributed by atoms with Gasteiger partial charge in [-0.05, 0) is 42.5 Å². The third kappa shape index (κ3) is 3.02. The summed E-state index contributed by atoms with van der Waals surface area (Å²) >= 11 is 12.2. The number of pyridine rings is 1. The molecule has 0 aliphatic carbocycles. The van der Waals surface area contributed by atoms with Crippen molar-refractivity contribution in [1.82, 2.24) is 4.98 Å². The largest absolute Gasteiger partial charge is 0.321 e. The minimum atomic E-state index is -0.478. The van der Waals surface area contributed by atoms with Crippen LogP contribution in [-0.4, -0.2) is 22.7 Å². The number of anilines is 2. The Hall–Kier alpha value is -3.22. The Morgan fingerprint density at radius 3 is 2.21 bits per heavy atom. The van der Waals surface area contributed by atoms with Crippen molar-refractivity contribution in [2.24, 2.45) is 0 Å². The quantitative estimate of drug-likeness (QED) is 0.510. The number of fused-ring (bicyclic) bond motifs is 1. The summed E-state index contributed by atoms with van der Waals surface area (Å²) in [7, 11) is 0. The second-order valence-corrected chi connectivity index (χ2v) is 6.72. The number of aromatic nitrogens is 1. The summed E-state index contributed by atoms with van der Waals surface area (Å²) in [6, 6.07) is 14.2. The first-order chi connectivity index (χ1) is 13.5. The molecule has 0 saturated heterocycles. The summed E-state index contributed by atoms with van der Waals surface area (Å²) in [5.74, 6) is -1.32. The molecule has 0 fully saturated rings. The summed E-state index contributed by atoms with van der Waals surface area (Å²) in [6.45, 7) is 0. The van der Waals surface area contributed by atoms with E-state index >= 15 is 0 Å². The number of rotatable bonds is 3. The maximum Gasteiger partial charge on any atom is 0.266 e. The Kier molecular flexibility index (Phi) is 4.58. The molecule has 1 aliphatic rings. The molecule has 28 heavy (non-hydrogen) atoms. The molecular formula is C20H11Cl2N3O3. The molecule has 0 radical (unpaired) electrons. The number of amides is 3. The molecule has 4 rings (SSSR count). The molecule has 0 bridgehead atoms. The van der Waals surface area contributed by atoms with Crippen molar-refractivity contribution in [3.8, 4) is 0 Å². The van der Waals surface area contributed by atoms with Crippen molar-refractivity contribution < 1.29 is 14.4 Å². The van der Waals surface area contributed by atoms with Gasteiger partial charge in [0.25, 0.3) is 17.7 Å².